The third kappa shape index (κ3) is 2.48. The van der Waals surface area contributed by atoms with E-state index in [2.05, 4.69) is 5.32 Å². The maximum absolute atomic E-state index is 13.4. The van der Waals surface area contributed by atoms with Gasteiger partial charge in [0, 0.05) is 6.61 Å². The molecule has 0 aromatic heterocycles. The molecule has 2 N–H and O–H groups in total. The Morgan fingerprint density at radius 2 is 2.22 bits per heavy atom. The molecule has 0 aliphatic carbocycles. The number of carboxylic acids is 1. The summed E-state index contributed by atoms with van der Waals surface area (Å²) in [4.78, 5) is 22.7. The van der Waals surface area contributed by atoms with E-state index in [0.717, 1.165) is 12.5 Å². The molecule has 0 saturated carbocycles. The number of nitrogens with one attached hydrogen (secondary N) is 1. The molecule has 0 spiro atoms. The van der Waals surface area contributed by atoms with Gasteiger partial charge in [0.1, 0.15) is 17.5 Å². The Morgan fingerprint density at radius 1 is 1.44 bits per heavy atom. The zero-order valence-corrected chi connectivity index (χ0v) is 9.48. The third-order valence-electron chi connectivity index (χ3n) is 2.71. The summed E-state index contributed by atoms with van der Waals surface area (Å²) in [6.45, 7) is 0.507. The van der Waals surface area contributed by atoms with Gasteiger partial charge in [0.15, 0.2) is 0 Å². The number of aromatic carboxylic acids is 1. The van der Waals surface area contributed by atoms with Crippen LogP contribution in [0, 0.1) is 5.82 Å². The van der Waals surface area contributed by atoms with Gasteiger partial charge in [-0.05, 0) is 25.0 Å². The Balaban J connectivity index is 2.20. The average Bonchev–Trinajstić information content (AvgIpc) is 2.81. The van der Waals surface area contributed by atoms with Gasteiger partial charge in [0.25, 0.3) is 5.91 Å². The summed E-state index contributed by atoms with van der Waals surface area (Å²) in [7, 11) is 0. The molecule has 6 heteroatoms. The van der Waals surface area contributed by atoms with Crippen LogP contribution in [0.1, 0.15) is 23.2 Å². The van der Waals surface area contributed by atoms with Crippen LogP contribution >= 0.6 is 0 Å². The summed E-state index contributed by atoms with van der Waals surface area (Å²) in [5.74, 6) is -2.75. The predicted molar refractivity (Wildman–Crippen MR) is 61.0 cm³/mol. The third-order valence-corrected chi connectivity index (χ3v) is 2.71. The lowest BCUT2D eigenvalue weighted by Gasteiger charge is -2.12. The monoisotopic (exact) mass is 253 g/mol. The van der Waals surface area contributed by atoms with Crippen LogP contribution < -0.4 is 5.32 Å². The van der Waals surface area contributed by atoms with E-state index in [-0.39, 0.29) is 5.69 Å². The number of hydrogen-bond acceptors (Lipinski definition) is 3. The molecule has 1 aromatic rings. The van der Waals surface area contributed by atoms with Crippen molar-refractivity contribution in [2.45, 2.75) is 18.9 Å². The van der Waals surface area contributed by atoms with E-state index >= 15 is 0 Å². The number of carbonyl (C=O) groups excluding carboxylic acids is 1. The Hall–Kier alpha value is -1.95. The van der Waals surface area contributed by atoms with Crippen LogP contribution in [0.4, 0.5) is 10.1 Å². The largest absolute Gasteiger partial charge is 0.478 e. The van der Waals surface area contributed by atoms with Gasteiger partial charge in [-0.1, -0.05) is 6.07 Å². The van der Waals surface area contributed by atoms with Crippen LogP contribution in [0.3, 0.4) is 0 Å². The Bertz CT molecular complexity index is 483. The normalized spacial score (nSPS) is 18.6. The SMILES string of the molecule is O=C(O)c1c(F)cccc1NC(=O)[C@@H]1CCCO1. The Labute approximate surface area is 103 Å². The highest BCUT2D eigenvalue weighted by Gasteiger charge is 2.25. The van der Waals surface area contributed by atoms with Gasteiger partial charge in [-0.2, -0.15) is 0 Å². The minimum atomic E-state index is -1.42. The van der Waals surface area contributed by atoms with Gasteiger partial charge in [0.2, 0.25) is 0 Å². The van der Waals surface area contributed by atoms with E-state index in [9.17, 15) is 14.0 Å². The molecule has 1 saturated heterocycles. The molecule has 1 aliphatic heterocycles. The fourth-order valence-electron chi connectivity index (χ4n) is 1.84. The fourth-order valence-corrected chi connectivity index (χ4v) is 1.84. The lowest BCUT2D eigenvalue weighted by Crippen LogP contribution is -2.27. The highest BCUT2D eigenvalue weighted by Crippen LogP contribution is 2.21. The van der Waals surface area contributed by atoms with Gasteiger partial charge >= 0.3 is 5.97 Å². The zero-order valence-electron chi connectivity index (χ0n) is 9.48. The van der Waals surface area contributed by atoms with Gasteiger partial charge in [-0.3, -0.25) is 4.79 Å². The number of benzene rings is 1. The summed E-state index contributed by atoms with van der Waals surface area (Å²) in [5.41, 5.74) is -0.591. The number of rotatable bonds is 3. The second kappa shape index (κ2) is 5.14. The molecular formula is C12H12FNO4. The molecule has 0 unspecified atom stereocenters. The topological polar surface area (TPSA) is 75.6 Å². The lowest BCUT2D eigenvalue weighted by atomic mass is 10.1. The molecular weight excluding hydrogens is 241 g/mol. The molecule has 1 fully saturated rings. The molecule has 1 atom stereocenters. The van der Waals surface area contributed by atoms with Crippen molar-refractivity contribution in [3.05, 3.63) is 29.6 Å². The number of carbonyl (C=O) groups is 2. The number of carboxylic acid groups (broad SMARTS) is 1. The minimum Gasteiger partial charge on any atom is -0.478 e. The number of ether oxygens (including phenoxy) is 1. The summed E-state index contributed by atoms with van der Waals surface area (Å²) >= 11 is 0. The van der Waals surface area contributed by atoms with E-state index in [4.69, 9.17) is 9.84 Å². The van der Waals surface area contributed by atoms with Gasteiger partial charge < -0.3 is 15.2 Å². The van der Waals surface area contributed by atoms with Crippen molar-refractivity contribution in [3.8, 4) is 0 Å². The van der Waals surface area contributed by atoms with Crippen molar-refractivity contribution < 1.29 is 23.8 Å². The summed E-state index contributed by atoms with van der Waals surface area (Å²) in [6, 6.07) is 3.72. The van der Waals surface area contributed by atoms with E-state index in [1.165, 1.54) is 12.1 Å². The first kappa shape index (κ1) is 12.5. The van der Waals surface area contributed by atoms with Crippen LogP contribution in [-0.2, 0) is 9.53 Å². The first-order chi connectivity index (χ1) is 8.59. The quantitative estimate of drug-likeness (QED) is 0.858. The second-order valence-corrected chi connectivity index (χ2v) is 3.96. The molecule has 0 bridgehead atoms. The molecule has 1 aromatic carbocycles. The first-order valence-corrected chi connectivity index (χ1v) is 5.54. The zero-order chi connectivity index (χ0) is 13.1. The van der Waals surface area contributed by atoms with Crippen LogP contribution in [-0.4, -0.2) is 29.7 Å². The smallest absolute Gasteiger partial charge is 0.340 e. The number of amides is 1. The van der Waals surface area contributed by atoms with Crippen LogP contribution in [0.5, 0.6) is 0 Å². The van der Waals surface area contributed by atoms with E-state index in [1.807, 2.05) is 0 Å². The molecule has 18 heavy (non-hydrogen) atoms. The minimum absolute atomic E-state index is 0.0528. The highest BCUT2D eigenvalue weighted by atomic mass is 19.1. The second-order valence-electron chi connectivity index (χ2n) is 3.96. The highest BCUT2D eigenvalue weighted by molar-refractivity contribution is 6.02. The van der Waals surface area contributed by atoms with Crippen LogP contribution in [0.25, 0.3) is 0 Å². The predicted octanol–water partition coefficient (Wildman–Crippen LogP) is 1.64. The number of hydrogen-bond donors (Lipinski definition) is 2. The fraction of sp³-hybridized carbons (Fsp3) is 0.333. The summed E-state index contributed by atoms with van der Waals surface area (Å²) in [6.07, 6.45) is 0.784. The molecule has 1 amide bonds. The van der Waals surface area contributed by atoms with E-state index < -0.39 is 29.4 Å². The summed E-state index contributed by atoms with van der Waals surface area (Å²) < 4.78 is 18.5. The van der Waals surface area contributed by atoms with E-state index in [0.29, 0.717) is 13.0 Å². The maximum atomic E-state index is 13.4. The van der Waals surface area contributed by atoms with Crippen molar-refractivity contribution in [1.82, 2.24) is 0 Å². The van der Waals surface area contributed by atoms with E-state index in [1.54, 1.807) is 0 Å². The number of anilines is 1. The molecule has 2 rings (SSSR count). The Kier molecular flexibility index (Phi) is 3.57. The van der Waals surface area contributed by atoms with Gasteiger partial charge in [0.05, 0.1) is 5.69 Å². The molecule has 0 radical (unpaired) electrons. The first-order valence-electron chi connectivity index (χ1n) is 5.54. The Morgan fingerprint density at radius 3 is 2.83 bits per heavy atom. The van der Waals surface area contributed by atoms with Crippen molar-refractivity contribution >= 4 is 17.6 Å². The summed E-state index contributed by atoms with van der Waals surface area (Å²) in [5, 5.41) is 11.3. The van der Waals surface area contributed by atoms with Gasteiger partial charge in [-0.15, -0.1) is 0 Å². The van der Waals surface area contributed by atoms with Crippen molar-refractivity contribution in [2.24, 2.45) is 0 Å². The number of halogens is 1. The van der Waals surface area contributed by atoms with Crippen LogP contribution in [0.15, 0.2) is 18.2 Å². The van der Waals surface area contributed by atoms with Crippen molar-refractivity contribution in [3.63, 3.8) is 0 Å². The van der Waals surface area contributed by atoms with Crippen LogP contribution in [0.2, 0.25) is 0 Å². The standard InChI is InChI=1S/C12H12FNO4/c13-7-3-1-4-8(10(7)12(16)17)14-11(15)9-5-2-6-18-9/h1,3-4,9H,2,5-6H2,(H,14,15)(H,16,17)/t9-/m0/s1. The molecule has 96 valence electrons. The van der Waals surface area contributed by atoms with Gasteiger partial charge in [-0.25, -0.2) is 9.18 Å². The van der Waals surface area contributed by atoms with Crippen molar-refractivity contribution in [2.75, 3.05) is 11.9 Å². The molecule has 1 aliphatic rings. The maximum Gasteiger partial charge on any atom is 0.340 e. The lowest BCUT2D eigenvalue weighted by molar-refractivity contribution is -0.124. The average molecular weight is 253 g/mol. The molecule has 1 heterocycles. The molecule has 5 nitrogen and oxygen atoms in total. The van der Waals surface area contributed by atoms with Crippen molar-refractivity contribution in [1.29, 1.82) is 0 Å².